The van der Waals surface area contributed by atoms with E-state index in [0.29, 0.717) is 27.9 Å². The number of nitrogens with zero attached hydrogens (tertiary/aromatic N) is 2. The monoisotopic (exact) mass is 575 g/mol. The molecule has 0 spiro atoms. The van der Waals surface area contributed by atoms with Crippen molar-refractivity contribution in [1.29, 1.82) is 0 Å². The predicted molar refractivity (Wildman–Crippen MR) is 151 cm³/mol. The number of carbonyl (C=O) groups is 6. The average molecular weight is 576 g/mol. The van der Waals surface area contributed by atoms with Crippen LogP contribution in [-0.2, 0) is 25.6 Å². The van der Waals surface area contributed by atoms with Gasteiger partial charge in [0.15, 0.2) is 40.4 Å². The highest BCUT2D eigenvalue weighted by atomic mass is 16.3. The second kappa shape index (κ2) is 9.95. The molecule has 0 radical (unpaired) electrons. The van der Waals surface area contributed by atoms with E-state index in [9.17, 15) is 39.0 Å². The van der Waals surface area contributed by atoms with Crippen LogP contribution in [0.3, 0.4) is 0 Å². The molecule has 2 unspecified atom stereocenters. The molecule has 2 saturated carbocycles. The van der Waals surface area contributed by atoms with Crippen LogP contribution in [0.25, 0.3) is 11.1 Å². The van der Waals surface area contributed by atoms with Crippen LogP contribution in [0, 0.1) is 23.7 Å². The quantitative estimate of drug-likeness (QED) is 0.342. The number of phenols is 1. The third kappa shape index (κ3) is 4.02. The number of aliphatic hydroxyl groups is 1. The number of fused-ring (bicyclic) bond motifs is 3. The zero-order chi connectivity index (χ0) is 31.0. The number of ketones is 5. The first-order valence-corrected chi connectivity index (χ1v) is 13.6. The Hall–Kier alpha value is -4.22. The number of Topliss-reactive ketones (excluding diaryl/α,β-unsaturated/α-hetero) is 5. The molecule has 3 aliphatic rings. The molecule has 4 N–H and O–H groups in total. The summed E-state index contributed by atoms with van der Waals surface area (Å²) in [7, 11) is 6.64. The van der Waals surface area contributed by atoms with E-state index in [4.69, 9.17) is 5.73 Å². The number of hydrogen-bond acceptors (Lipinski definition) is 10. The number of likely N-dealkylation sites (N-methyl/N-ethyl adjacent to an activating group) is 1. The van der Waals surface area contributed by atoms with E-state index in [1.165, 1.54) is 11.8 Å². The van der Waals surface area contributed by atoms with Gasteiger partial charge in [-0.15, -0.1) is 0 Å². The maximum Gasteiger partial charge on any atom is 0.235 e. The van der Waals surface area contributed by atoms with Crippen molar-refractivity contribution < 1.29 is 39.0 Å². The van der Waals surface area contributed by atoms with Crippen molar-refractivity contribution in [2.75, 3.05) is 33.1 Å². The number of hydrogen-bond donors (Lipinski definition) is 3. The van der Waals surface area contributed by atoms with Gasteiger partial charge in [0.25, 0.3) is 0 Å². The highest BCUT2D eigenvalue weighted by Gasteiger charge is 2.69. The normalized spacial score (nSPS) is 28.7. The number of benzene rings is 2. The van der Waals surface area contributed by atoms with Crippen molar-refractivity contribution in [3.05, 3.63) is 47.0 Å². The SMILES string of the molecule is CC(=O)c1ccc(-c2cc(N(C)C)c3c(c2O)C(=O)C2C(=O)[C@@]4(O)C(=O)C(C(N)=O)C(=O)[C@H](N(C)C)[C@H]4C[C@H]2C3)cc1. The summed E-state index contributed by atoms with van der Waals surface area (Å²) < 4.78 is 0. The van der Waals surface area contributed by atoms with Crippen molar-refractivity contribution in [2.24, 2.45) is 29.4 Å². The topological polar surface area (TPSA) is 175 Å². The Morgan fingerprint density at radius 2 is 1.62 bits per heavy atom. The number of anilines is 1. The summed E-state index contributed by atoms with van der Waals surface area (Å²) in [5, 5.41) is 23.2. The molecule has 0 aromatic heterocycles. The van der Waals surface area contributed by atoms with Gasteiger partial charge in [0.2, 0.25) is 5.91 Å². The fourth-order valence-corrected chi connectivity index (χ4v) is 7.16. The van der Waals surface area contributed by atoms with Gasteiger partial charge < -0.3 is 20.8 Å². The van der Waals surface area contributed by atoms with Gasteiger partial charge in [-0.1, -0.05) is 24.3 Å². The molecule has 0 aliphatic heterocycles. The summed E-state index contributed by atoms with van der Waals surface area (Å²) in [6, 6.07) is 7.09. The van der Waals surface area contributed by atoms with Crippen LogP contribution < -0.4 is 10.6 Å². The molecule has 0 bridgehead atoms. The van der Waals surface area contributed by atoms with Crippen LogP contribution in [0.1, 0.15) is 39.6 Å². The fourth-order valence-electron chi connectivity index (χ4n) is 7.16. The van der Waals surface area contributed by atoms with Crippen LogP contribution in [0.2, 0.25) is 0 Å². The highest BCUT2D eigenvalue weighted by molar-refractivity contribution is 6.32. The lowest BCUT2D eigenvalue weighted by molar-refractivity contribution is -0.181. The summed E-state index contributed by atoms with van der Waals surface area (Å²) in [4.78, 5) is 82.1. The Kier molecular flexibility index (Phi) is 6.94. The van der Waals surface area contributed by atoms with E-state index in [1.807, 2.05) is 0 Å². The molecule has 6 atom stereocenters. The first-order valence-electron chi connectivity index (χ1n) is 13.6. The smallest absolute Gasteiger partial charge is 0.235 e. The summed E-state index contributed by atoms with van der Waals surface area (Å²) in [6.45, 7) is 1.43. The minimum absolute atomic E-state index is 0.0220. The van der Waals surface area contributed by atoms with Crippen LogP contribution in [0.15, 0.2) is 30.3 Å². The molecule has 42 heavy (non-hydrogen) atoms. The lowest BCUT2D eigenvalue weighted by atomic mass is 9.52. The average Bonchev–Trinajstić information content (AvgIpc) is 2.90. The Bertz CT molecular complexity index is 1580. The van der Waals surface area contributed by atoms with Crippen LogP contribution >= 0.6 is 0 Å². The maximum atomic E-state index is 14.2. The number of rotatable bonds is 5. The largest absolute Gasteiger partial charge is 0.507 e. The Morgan fingerprint density at radius 1 is 1.00 bits per heavy atom. The van der Waals surface area contributed by atoms with Gasteiger partial charge in [0, 0.05) is 36.8 Å². The number of phenolic OH excluding ortho intramolecular Hbond substituents is 1. The predicted octanol–water partition coefficient (Wildman–Crippen LogP) is 0.803. The molecule has 220 valence electrons. The minimum Gasteiger partial charge on any atom is -0.507 e. The molecule has 2 aromatic carbocycles. The number of nitrogens with two attached hydrogens (primary N) is 1. The van der Waals surface area contributed by atoms with E-state index in [-0.39, 0.29) is 29.9 Å². The van der Waals surface area contributed by atoms with E-state index in [0.717, 1.165) is 0 Å². The molecule has 1 amide bonds. The Balaban J connectivity index is 1.67. The third-order valence-electron chi connectivity index (χ3n) is 9.12. The summed E-state index contributed by atoms with van der Waals surface area (Å²) >= 11 is 0. The Labute approximate surface area is 242 Å². The van der Waals surface area contributed by atoms with Gasteiger partial charge >= 0.3 is 0 Å². The highest BCUT2D eigenvalue weighted by Crippen LogP contribution is 2.53. The standard InChI is InChI=1S/C31H33N3O8/c1-13(35)14-6-8-15(9-7-14)17-12-20(33(2)3)18-10-16-11-19-24(34(4)5)27(38)23(30(32)41)29(40)31(19,42)28(39)21(16)26(37)22(18)25(17)36/h6-9,12,16,19,21,23-24,36,42H,10-11H2,1-5H3,(H2,32,41)/t16-,19-,21?,23?,24-,31-/m1/s1. The third-order valence-corrected chi connectivity index (χ3v) is 9.12. The van der Waals surface area contributed by atoms with Crippen molar-refractivity contribution >= 4 is 40.5 Å². The van der Waals surface area contributed by atoms with Gasteiger partial charge in [-0.05, 0) is 57.0 Å². The summed E-state index contributed by atoms with van der Waals surface area (Å²) in [5.74, 6) is -11.1. The summed E-state index contributed by atoms with van der Waals surface area (Å²) in [6.07, 6.45) is 0.141. The molecule has 11 heteroatoms. The second-order valence-corrected chi connectivity index (χ2v) is 12.0. The molecule has 2 fully saturated rings. The first kappa shape index (κ1) is 29.3. The van der Waals surface area contributed by atoms with Crippen LogP contribution in [-0.4, -0.2) is 89.8 Å². The number of carbonyl (C=O) groups excluding carboxylic acids is 6. The second-order valence-electron chi connectivity index (χ2n) is 12.0. The molecule has 0 saturated heterocycles. The molecule has 5 rings (SSSR count). The van der Waals surface area contributed by atoms with Gasteiger partial charge in [-0.2, -0.15) is 0 Å². The van der Waals surface area contributed by atoms with Crippen molar-refractivity contribution in [1.82, 2.24) is 4.90 Å². The van der Waals surface area contributed by atoms with Crippen LogP contribution in [0.4, 0.5) is 5.69 Å². The van der Waals surface area contributed by atoms with E-state index in [2.05, 4.69) is 0 Å². The van der Waals surface area contributed by atoms with Crippen molar-refractivity contribution in [3.63, 3.8) is 0 Å². The van der Waals surface area contributed by atoms with E-state index in [1.54, 1.807) is 63.4 Å². The Morgan fingerprint density at radius 3 is 2.14 bits per heavy atom. The van der Waals surface area contributed by atoms with E-state index < -0.39 is 64.4 Å². The van der Waals surface area contributed by atoms with Gasteiger partial charge in [-0.3, -0.25) is 33.7 Å². The first-order chi connectivity index (χ1) is 19.6. The number of primary amides is 1. The number of aromatic hydroxyl groups is 1. The van der Waals surface area contributed by atoms with Gasteiger partial charge in [0.1, 0.15) is 5.75 Å². The summed E-state index contributed by atoms with van der Waals surface area (Å²) in [5.41, 5.74) is 4.96. The molecule has 3 aliphatic carbocycles. The lowest BCUT2D eigenvalue weighted by Crippen LogP contribution is -2.74. The van der Waals surface area contributed by atoms with Crippen LogP contribution in [0.5, 0.6) is 5.75 Å². The molecule has 11 nitrogen and oxygen atoms in total. The zero-order valence-electron chi connectivity index (χ0n) is 24.0. The number of amides is 1. The minimum atomic E-state index is -2.78. The molecule has 2 aromatic rings. The molecule has 0 heterocycles. The van der Waals surface area contributed by atoms with Gasteiger partial charge in [-0.25, -0.2) is 0 Å². The fraction of sp³-hybridized carbons (Fsp3) is 0.419. The lowest BCUT2D eigenvalue weighted by Gasteiger charge is -2.52. The molecular weight excluding hydrogens is 542 g/mol. The van der Waals surface area contributed by atoms with Gasteiger partial charge in [0.05, 0.1) is 17.5 Å². The van der Waals surface area contributed by atoms with Crippen molar-refractivity contribution in [2.45, 2.75) is 31.4 Å². The molecular formula is C31H33N3O8. The van der Waals surface area contributed by atoms with Crippen molar-refractivity contribution in [3.8, 4) is 16.9 Å². The maximum absolute atomic E-state index is 14.2. The van der Waals surface area contributed by atoms with E-state index >= 15 is 0 Å². The zero-order valence-corrected chi connectivity index (χ0v) is 24.0.